The van der Waals surface area contributed by atoms with Gasteiger partial charge in [0.25, 0.3) is 0 Å². The summed E-state index contributed by atoms with van der Waals surface area (Å²) >= 11 is 3.32. The Bertz CT molecular complexity index is 389. The molecule has 3 nitrogen and oxygen atoms in total. The van der Waals surface area contributed by atoms with E-state index in [1.165, 1.54) is 0 Å². The molecule has 1 aromatic rings. The molecule has 5 heteroatoms. The molecule has 1 aromatic heterocycles. The number of rotatable bonds is 2. The summed E-state index contributed by atoms with van der Waals surface area (Å²) in [5.74, 6) is 0. The van der Waals surface area contributed by atoms with E-state index in [0.29, 0.717) is 0 Å². The molecule has 0 radical (unpaired) electrons. The summed E-state index contributed by atoms with van der Waals surface area (Å²) in [6.45, 7) is 8.25. The van der Waals surface area contributed by atoms with Crippen LogP contribution in [0.15, 0.2) is 22.9 Å². The van der Waals surface area contributed by atoms with Gasteiger partial charge in [-0.1, -0.05) is 6.07 Å². The normalized spacial score (nSPS) is 21.8. The lowest BCUT2D eigenvalue weighted by atomic mass is 9.81. The smallest absolute Gasteiger partial charge is 0.403 e. The SMILES string of the molecule is CC1(C)OB(Cc2ccc(Br)nc2)OC1(C)C. The van der Waals surface area contributed by atoms with Crippen LogP contribution in [0, 0.1) is 0 Å². The standard InChI is InChI=1S/C12H17BBrNO2/c1-11(2)12(3,4)17-13(16-11)7-9-5-6-10(14)15-8-9/h5-6,8H,7H2,1-4H3. The summed E-state index contributed by atoms with van der Waals surface area (Å²) in [4.78, 5) is 4.20. The highest BCUT2D eigenvalue weighted by Crippen LogP contribution is 2.37. The quantitative estimate of drug-likeness (QED) is 0.621. The average molecular weight is 298 g/mol. The number of nitrogens with zero attached hydrogens (tertiary/aromatic N) is 1. The van der Waals surface area contributed by atoms with E-state index in [4.69, 9.17) is 9.31 Å². The van der Waals surface area contributed by atoms with Crippen molar-refractivity contribution in [2.75, 3.05) is 0 Å². The van der Waals surface area contributed by atoms with Crippen LogP contribution in [0.4, 0.5) is 0 Å². The molecular formula is C12H17BBrNO2. The molecule has 1 aliphatic rings. The summed E-state index contributed by atoms with van der Waals surface area (Å²) in [5, 5.41) is 0. The molecule has 0 saturated carbocycles. The van der Waals surface area contributed by atoms with Gasteiger partial charge in [-0.05, 0) is 55.3 Å². The minimum atomic E-state index is -0.263. The molecule has 0 unspecified atom stereocenters. The van der Waals surface area contributed by atoms with E-state index < -0.39 is 0 Å². The van der Waals surface area contributed by atoms with Crippen molar-refractivity contribution in [2.24, 2.45) is 0 Å². The van der Waals surface area contributed by atoms with Crippen LogP contribution >= 0.6 is 15.9 Å². The highest BCUT2D eigenvalue weighted by molar-refractivity contribution is 9.10. The Balaban J connectivity index is 2.05. The van der Waals surface area contributed by atoms with Gasteiger partial charge in [0.15, 0.2) is 0 Å². The molecule has 0 N–H and O–H groups in total. The first-order valence-corrected chi connectivity index (χ1v) is 6.55. The molecule has 2 heterocycles. The number of hydrogen-bond acceptors (Lipinski definition) is 3. The molecule has 17 heavy (non-hydrogen) atoms. The lowest BCUT2D eigenvalue weighted by molar-refractivity contribution is 0.00578. The summed E-state index contributed by atoms with van der Waals surface area (Å²) in [5.41, 5.74) is 0.590. The minimum Gasteiger partial charge on any atom is -0.403 e. The van der Waals surface area contributed by atoms with Gasteiger partial charge < -0.3 is 9.31 Å². The summed E-state index contributed by atoms with van der Waals surface area (Å²) in [6.07, 6.45) is 2.57. The first-order valence-electron chi connectivity index (χ1n) is 5.76. The lowest BCUT2D eigenvalue weighted by Gasteiger charge is -2.32. The molecule has 1 fully saturated rings. The maximum Gasteiger partial charge on any atom is 0.462 e. The third kappa shape index (κ3) is 2.72. The van der Waals surface area contributed by atoms with Crippen molar-refractivity contribution in [3.05, 3.63) is 28.5 Å². The Labute approximate surface area is 111 Å². The Morgan fingerprint density at radius 3 is 2.24 bits per heavy atom. The van der Waals surface area contributed by atoms with E-state index in [-0.39, 0.29) is 18.3 Å². The van der Waals surface area contributed by atoms with Crippen LogP contribution in [-0.4, -0.2) is 23.3 Å². The van der Waals surface area contributed by atoms with Crippen LogP contribution in [0.2, 0.25) is 0 Å². The van der Waals surface area contributed by atoms with Crippen LogP contribution in [0.3, 0.4) is 0 Å². The van der Waals surface area contributed by atoms with Crippen molar-refractivity contribution < 1.29 is 9.31 Å². The lowest BCUT2D eigenvalue weighted by Crippen LogP contribution is -2.41. The molecule has 0 aromatic carbocycles. The number of halogens is 1. The molecule has 0 aliphatic carbocycles. The van der Waals surface area contributed by atoms with Gasteiger partial charge in [-0.15, -0.1) is 0 Å². The van der Waals surface area contributed by atoms with Gasteiger partial charge in [0.05, 0.1) is 11.2 Å². The van der Waals surface area contributed by atoms with Gasteiger partial charge >= 0.3 is 7.12 Å². The van der Waals surface area contributed by atoms with Crippen LogP contribution in [-0.2, 0) is 15.6 Å². The van der Waals surface area contributed by atoms with E-state index >= 15 is 0 Å². The van der Waals surface area contributed by atoms with Crippen molar-refractivity contribution in [1.82, 2.24) is 4.98 Å². The van der Waals surface area contributed by atoms with Crippen LogP contribution in [0.5, 0.6) is 0 Å². The number of aromatic nitrogens is 1. The van der Waals surface area contributed by atoms with Gasteiger partial charge in [-0.2, -0.15) is 0 Å². The van der Waals surface area contributed by atoms with Crippen molar-refractivity contribution in [2.45, 2.75) is 45.2 Å². The first-order chi connectivity index (χ1) is 7.80. The Hall–Kier alpha value is -0.385. The van der Waals surface area contributed by atoms with Gasteiger partial charge in [0.2, 0.25) is 0 Å². The molecule has 0 bridgehead atoms. The summed E-state index contributed by atoms with van der Waals surface area (Å²) < 4.78 is 12.7. The third-order valence-corrected chi connectivity index (χ3v) is 3.96. The van der Waals surface area contributed by atoms with E-state index in [0.717, 1.165) is 16.5 Å². The molecular weight excluding hydrogens is 281 g/mol. The minimum absolute atomic E-state index is 0.192. The van der Waals surface area contributed by atoms with Crippen molar-refractivity contribution >= 4 is 23.0 Å². The van der Waals surface area contributed by atoms with Crippen LogP contribution < -0.4 is 0 Å². The van der Waals surface area contributed by atoms with Crippen LogP contribution in [0.1, 0.15) is 33.3 Å². The van der Waals surface area contributed by atoms with E-state index in [2.05, 4.69) is 48.6 Å². The van der Waals surface area contributed by atoms with Crippen molar-refractivity contribution in [3.63, 3.8) is 0 Å². The van der Waals surface area contributed by atoms with Crippen molar-refractivity contribution in [1.29, 1.82) is 0 Å². The largest absolute Gasteiger partial charge is 0.462 e. The predicted molar refractivity (Wildman–Crippen MR) is 71.7 cm³/mol. The molecule has 2 rings (SSSR count). The second-order valence-corrected chi connectivity index (χ2v) is 6.19. The predicted octanol–water partition coefficient (Wildman–Crippen LogP) is 3.02. The van der Waals surface area contributed by atoms with E-state index in [1.54, 1.807) is 0 Å². The van der Waals surface area contributed by atoms with Gasteiger partial charge in [0.1, 0.15) is 4.60 Å². The summed E-state index contributed by atoms with van der Waals surface area (Å²) in [7, 11) is -0.192. The Morgan fingerprint density at radius 1 is 1.18 bits per heavy atom. The highest BCUT2D eigenvalue weighted by Gasteiger charge is 2.50. The van der Waals surface area contributed by atoms with Crippen LogP contribution in [0.25, 0.3) is 0 Å². The monoisotopic (exact) mass is 297 g/mol. The Kier molecular flexibility index (Phi) is 3.36. The fourth-order valence-corrected chi connectivity index (χ4v) is 2.00. The van der Waals surface area contributed by atoms with Gasteiger partial charge in [-0.3, -0.25) is 0 Å². The molecule has 0 atom stereocenters. The maximum absolute atomic E-state index is 5.94. The Morgan fingerprint density at radius 2 is 1.76 bits per heavy atom. The second-order valence-electron chi connectivity index (χ2n) is 5.38. The zero-order valence-corrected chi connectivity index (χ0v) is 12.2. The summed E-state index contributed by atoms with van der Waals surface area (Å²) in [6, 6.07) is 3.96. The molecule has 0 amide bonds. The zero-order chi connectivity index (χ0) is 12.7. The first kappa shape index (κ1) is 13.1. The van der Waals surface area contributed by atoms with Gasteiger partial charge in [0, 0.05) is 12.5 Å². The second kappa shape index (κ2) is 4.37. The van der Waals surface area contributed by atoms with Gasteiger partial charge in [-0.25, -0.2) is 4.98 Å². The third-order valence-electron chi connectivity index (χ3n) is 3.49. The van der Waals surface area contributed by atoms with E-state index in [1.807, 2.05) is 18.3 Å². The topological polar surface area (TPSA) is 31.4 Å². The van der Waals surface area contributed by atoms with E-state index in [9.17, 15) is 0 Å². The zero-order valence-electron chi connectivity index (χ0n) is 10.7. The molecule has 0 spiro atoms. The fraction of sp³-hybridized carbons (Fsp3) is 0.583. The molecule has 1 saturated heterocycles. The molecule has 1 aliphatic heterocycles. The maximum atomic E-state index is 5.94. The fourth-order valence-electron chi connectivity index (χ4n) is 1.77. The van der Waals surface area contributed by atoms with Crippen molar-refractivity contribution in [3.8, 4) is 0 Å². The highest BCUT2D eigenvalue weighted by atomic mass is 79.9. The molecule has 92 valence electrons. The average Bonchev–Trinajstić information content (AvgIpc) is 2.39. The number of hydrogen-bond donors (Lipinski definition) is 0. The number of pyridine rings is 1.